The van der Waals surface area contributed by atoms with Gasteiger partial charge in [0.25, 0.3) is 0 Å². The minimum atomic E-state index is -0.347. The zero-order valence-electron chi connectivity index (χ0n) is 16.3. The molecule has 6 nitrogen and oxygen atoms in total. The minimum Gasteiger partial charge on any atom is -0.490 e. The fraction of sp³-hybridized carbons (Fsp3) is 0.400. The van der Waals surface area contributed by atoms with E-state index in [0.717, 1.165) is 20.1 Å². The molecule has 0 N–H and O–H groups in total. The van der Waals surface area contributed by atoms with Gasteiger partial charge >= 0.3 is 5.97 Å². The normalized spacial score (nSPS) is 18.1. The molecule has 8 heteroatoms. The Hall–Kier alpha value is -1.68. The molecular weight excluding hydrogens is 491 g/mol. The molecule has 0 radical (unpaired) electrons. The van der Waals surface area contributed by atoms with Crippen LogP contribution in [0.15, 0.2) is 40.0 Å². The second-order valence-corrected chi connectivity index (χ2v) is 8.06. The van der Waals surface area contributed by atoms with Crippen LogP contribution in [0, 0.1) is 3.57 Å². The highest BCUT2D eigenvalue weighted by molar-refractivity contribution is 14.1. The Bertz CT molecular complexity index is 866. The number of allylic oxidation sites excluding steroid dienone is 1. The molecule has 2 aliphatic heterocycles. The van der Waals surface area contributed by atoms with Gasteiger partial charge in [-0.15, -0.1) is 0 Å². The summed E-state index contributed by atoms with van der Waals surface area (Å²) >= 11 is 3.78. The van der Waals surface area contributed by atoms with E-state index in [9.17, 15) is 4.79 Å². The van der Waals surface area contributed by atoms with Crippen molar-refractivity contribution in [2.75, 3.05) is 19.8 Å². The molecule has 0 spiro atoms. The number of halogens is 1. The summed E-state index contributed by atoms with van der Waals surface area (Å²) in [5.74, 6) is 1.05. The van der Waals surface area contributed by atoms with E-state index in [4.69, 9.17) is 14.2 Å². The summed E-state index contributed by atoms with van der Waals surface area (Å²) in [6.45, 7) is 8.93. The summed E-state index contributed by atoms with van der Waals surface area (Å²) < 4.78 is 17.9. The van der Waals surface area contributed by atoms with Gasteiger partial charge in [0.1, 0.15) is 0 Å². The predicted molar refractivity (Wildman–Crippen MR) is 120 cm³/mol. The average Bonchev–Trinajstić information content (AvgIpc) is 3.11. The Balaban J connectivity index is 2.14. The monoisotopic (exact) mass is 514 g/mol. The molecule has 1 aromatic rings. The topological polar surface area (TPSA) is 60.4 Å². The molecule has 0 bridgehead atoms. The molecule has 2 heterocycles. The lowest BCUT2D eigenvalue weighted by atomic mass is 9.94. The first-order valence-corrected chi connectivity index (χ1v) is 11.1. The maximum absolute atomic E-state index is 12.8. The number of amidine groups is 1. The molecule has 150 valence electrons. The summed E-state index contributed by atoms with van der Waals surface area (Å²) in [5, 5.41) is 2.81. The molecule has 0 aliphatic carbocycles. The van der Waals surface area contributed by atoms with E-state index in [2.05, 4.69) is 27.6 Å². The van der Waals surface area contributed by atoms with Crippen LogP contribution < -0.4 is 9.47 Å². The van der Waals surface area contributed by atoms with Crippen molar-refractivity contribution in [2.24, 2.45) is 4.99 Å². The maximum atomic E-state index is 12.8. The standard InChI is InChI=1S/C20H23IN2O4S/c1-5-25-15-11-13(10-14(21)18(15)26-6-2)17-16(19(24)27-7-3)12(4)22-20-23(17)8-9-28-20/h8-11,17H,5-7H2,1-4H3/t17-/m0/s1. The number of rotatable bonds is 7. The highest BCUT2D eigenvalue weighted by atomic mass is 127. The van der Waals surface area contributed by atoms with Crippen LogP contribution in [-0.4, -0.2) is 35.9 Å². The van der Waals surface area contributed by atoms with E-state index in [0.29, 0.717) is 36.8 Å². The first-order chi connectivity index (χ1) is 13.5. The van der Waals surface area contributed by atoms with Crippen molar-refractivity contribution in [1.29, 1.82) is 0 Å². The summed E-state index contributed by atoms with van der Waals surface area (Å²) in [7, 11) is 0. The van der Waals surface area contributed by atoms with Crippen LogP contribution in [-0.2, 0) is 9.53 Å². The summed E-state index contributed by atoms with van der Waals surface area (Å²) in [4.78, 5) is 19.4. The number of ether oxygens (including phenoxy) is 3. The fourth-order valence-electron chi connectivity index (χ4n) is 3.19. The fourth-order valence-corrected chi connectivity index (χ4v) is 4.76. The second kappa shape index (κ2) is 9.21. The number of benzene rings is 1. The van der Waals surface area contributed by atoms with E-state index in [1.54, 1.807) is 6.92 Å². The molecule has 0 aromatic heterocycles. The van der Waals surface area contributed by atoms with Gasteiger partial charge in [-0.3, -0.25) is 0 Å². The summed E-state index contributed by atoms with van der Waals surface area (Å²) in [5.41, 5.74) is 2.14. The molecule has 0 unspecified atom stereocenters. The summed E-state index contributed by atoms with van der Waals surface area (Å²) in [6, 6.07) is 3.65. The Morgan fingerprint density at radius 2 is 1.96 bits per heavy atom. The van der Waals surface area contributed by atoms with Crippen molar-refractivity contribution in [3.63, 3.8) is 0 Å². The predicted octanol–water partition coefficient (Wildman–Crippen LogP) is 4.86. The van der Waals surface area contributed by atoms with E-state index in [1.165, 1.54) is 11.8 Å². The van der Waals surface area contributed by atoms with Crippen molar-refractivity contribution in [3.8, 4) is 11.5 Å². The Morgan fingerprint density at radius 1 is 1.21 bits per heavy atom. The highest BCUT2D eigenvalue weighted by Gasteiger charge is 2.38. The van der Waals surface area contributed by atoms with Crippen LogP contribution in [0.5, 0.6) is 11.5 Å². The molecule has 0 amide bonds. The molecule has 2 aliphatic rings. The van der Waals surface area contributed by atoms with Gasteiger partial charge in [-0.05, 0) is 73.4 Å². The number of nitrogens with zero attached hydrogens (tertiary/aromatic N) is 2. The lowest BCUT2D eigenvalue weighted by molar-refractivity contribution is -0.139. The van der Waals surface area contributed by atoms with Crippen LogP contribution in [0.4, 0.5) is 0 Å². The third-order valence-electron chi connectivity index (χ3n) is 4.25. The molecule has 28 heavy (non-hydrogen) atoms. The number of esters is 1. The van der Waals surface area contributed by atoms with Crippen molar-refractivity contribution in [2.45, 2.75) is 33.7 Å². The number of thioether (sulfide) groups is 1. The van der Waals surface area contributed by atoms with Gasteiger partial charge in [-0.25, -0.2) is 9.79 Å². The number of hydrogen-bond acceptors (Lipinski definition) is 7. The van der Waals surface area contributed by atoms with Crippen LogP contribution >= 0.6 is 34.4 Å². The Labute approximate surface area is 183 Å². The number of hydrogen-bond donors (Lipinski definition) is 0. The van der Waals surface area contributed by atoms with E-state index < -0.39 is 0 Å². The lowest BCUT2D eigenvalue weighted by Gasteiger charge is -2.33. The van der Waals surface area contributed by atoms with Crippen LogP contribution in [0.3, 0.4) is 0 Å². The van der Waals surface area contributed by atoms with Gasteiger partial charge in [-0.1, -0.05) is 11.8 Å². The number of aliphatic imine (C=N–C) groups is 1. The minimum absolute atomic E-state index is 0.314. The van der Waals surface area contributed by atoms with Crippen LogP contribution in [0.25, 0.3) is 0 Å². The van der Waals surface area contributed by atoms with Crippen molar-refractivity contribution < 1.29 is 19.0 Å². The van der Waals surface area contributed by atoms with Gasteiger partial charge in [0, 0.05) is 6.20 Å². The van der Waals surface area contributed by atoms with Gasteiger partial charge in [0.05, 0.1) is 40.7 Å². The maximum Gasteiger partial charge on any atom is 0.338 e. The Kier molecular flexibility index (Phi) is 6.92. The van der Waals surface area contributed by atoms with E-state index in [1.807, 2.05) is 49.4 Å². The zero-order valence-corrected chi connectivity index (χ0v) is 19.3. The second-order valence-electron chi connectivity index (χ2n) is 6.02. The third kappa shape index (κ3) is 4.03. The van der Waals surface area contributed by atoms with E-state index in [-0.39, 0.29) is 12.0 Å². The largest absolute Gasteiger partial charge is 0.490 e. The highest BCUT2D eigenvalue weighted by Crippen LogP contribution is 2.44. The number of carbonyl (C=O) groups is 1. The first-order valence-electron chi connectivity index (χ1n) is 9.19. The molecule has 0 saturated heterocycles. The molecule has 1 atom stereocenters. The number of carbonyl (C=O) groups excluding carboxylic acids is 1. The zero-order chi connectivity index (χ0) is 20.3. The third-order valence-corrected chi connectivity index (χ3v) is 5.82. The molecule has 1 aromatic carbocycles. The van der Waals surface area contributed by atoms with E-state index >= 15 is 0 Å². The van der Waals surface area contributed by atoms with Gasteiger partial charge in [0.2, 0.25) is 0 Å². The lowest BCUT2D eigenvalue weighted by Crippen LogP contribution is -2.34. The SMILES string of the molecule is CCOC(=O)C1=C(C)N=C2SC=CN2[C@H]1c1cc(I)c(OCC)c(OCC)c1. The molecule has 0 saturated carbocycles. The smallest absolute Gasteiger partial charge is 0.338 e. The van der Waals surface area contributed by atoms with Crippen LogP contribution in [0.1, 0.15) is 39.3 Å². The van der Waals surface area contributed by atoms with Gasteiger partial charge in [-0.2, -0.15) is 0 Å². The number of fused-ring (bicyclic) bond motifs is 1. The quantitative estimate of drug-likeness (QED) is 0.383. The van der Waals surface area contributed by atoms with Gasteiger partial charge in [0.15, 0.2) is 16.7 Å². The molecular formula is C20H23IN2O4S. The molecule has 3 rings (SSSR count). The molecule has 0 fully saturated rings. The average molecular weight is 514 g/mol. The van der Waals surface area contributed by atoms with Gasteiger partial charge < -0.3 is 19.1 Å². The Morgan fingerprint density at radius 3 is 2.64 bits per heavy atom. The first kappa shape index (κ1) is 21.0. The van der Waals surface area contributed by atoms with Crippen molar-refractivity contribution in [3.05, 3.63) is 44.1 Å². The van der Waals surface area contributed by atoms with Crippen LogP contribution in [0.2, 0.25) is 0 Å². The van der Waals surface area contributed by atoms with Crippen molar-refractivity contribution in [1.82, 2.24) is 4.90 Å². The van der Waals surface area contributed by atoms with Crippen molar-refractivity contribution >= 4 is 45.5 Å². The summed E-state index contributed by atoms with van der Waals surface area (Å²) in [6.07, 6.45) is 1.95.